The Labute approximate surface area is 245 Å². The summed E-state index contributed by atoms with van der Waals surface area (Å²) in [5.74, 6) is 0. The van der Waals surface area contributed by atoms with Crippen molar-refractivity contribution in [1.29, 1.82) is 0 Å². The third-order valence-electron chi connectivity index (χ3n) is 7.26. The van der Waals surface area contributed by atoms with E-state index in [-0.39, 0.29) is 0 Å². The summed E-state index contributed by atoms with van der Waals surface area (Å²) < 4.78 is 0. The normalized spacial score (nSPS) is 10.9. The molecule has 4 aromatic carbocycles. The summed E-state index contributed by atoms with van der Waals surface area (Å²) in [7, 11) is 0. The van der Waals surface area contributed by atoms with Gasteiger partial charge < -0.3 is 0 Å². The lowest BCUT2D eigenvalue weighted by Gasteiger charge is -2.16. The molecule has 4 nitrogen and oxygen atoms in total. The van der Waals surface area contributed by atoms with Crippen LogP contribution in [0, 0.1) is 0 Å². The molecule has 3 aromatic heterocycles. The SMILES string of the molecule is c1ccc(-c2ccc(-c3nc(-c4ccccc4)c(-c4ccccc4)nc3-c3ccc(-c4cccnc4)cc3)nc2)cc1. The molecule has 0 N–H and O–H groups in total. The Morgan fingerprint density at radius 3 is 1.29 bits per heavy atom. The molecule has 7 aromatic rings. The topological polar surface area (TPSA) is 51.6 Å². The third-order valence-corrected chi connectivity index (χ3v) is 7.26. The third kappa shape index (κ3) is 5.09. The second-order valence-corrected chi connectivity index (χ2v) is 9.97. The molecular weight excluding hydrogens is 512 g/mol. The van der Waals surface area contributed by atoms with Gasteiger partial charge in [0.25, 0.3) is 0 Å². The van der Waals surface area contributed by atoms with E-state index in [4.69, 9.17) is 15.0 Å². The van der Waals surface area contributed by atoms with Gasteiger partial charge in [0, 0.05) is 40.8 Å². The minimum Gasteiger partial charge on any atom is -0.264 e. The van der Waals surface area contributed by atoms with Crippen molar-refractivity contribution in [3.05, 3.63) is 158 Å². The number of hydrogen-bond donors (Lipinski definition) is 0. The second-order valence-electron chi connectivity index (χ2n) is 9.97. The van der Waals surface area contributed by atoms with Gasteiger partial charge >= 0.3 is 0 Å². The van der Waals surface area contributed by atoms with E-state index in [1.165, 1.54) is 0 Å². The average molecular weight is 539 g/mol. The maximum absolute atomic E-state index is 5.33. The fourth-order valence-corrected chi connectivity index (χ4v) is 5.10. The van der Waals surface area contributed by atoms with Gasteiger partial charge in [-0.25, -0.2) is 9.97 Å². The number of pyridine rings is 2. The van der Waals surface area contributed by atoms with Crippen LogP contribution < -0.4 is 0 Å². The molecule has 0 unspecified atom stereocenters. The van der Waals surface area contributed by atoms with Crippen LogP contribution >= 0.6 is 0 Å². The predicted octanol–water partition coefficient (Wildman–Crippen LogP) is 9.27. The standard InChI is InChI=1S/C38H26N4/c1-4-11-27(12-5-1)33-22-23-34(40-26-33)38-37(31-20-18-28(19-21-31)32-17-10-24-39-25-32)41-35(29-13-6-2-7-14-29)36(42-38)30-15-8-3-9-16-30/h1-26H. The molecule has 0 fully saturated rings. The lowest BCUT2D eigenvalue weighted by Crippen LogP contribution is -2.01. The van der Waals surface area contributed by atoms with Gasteiger partial charge in [0.2, 0.25) is 0 Å². The monoisotopic (exact) mass is 538 g/mol. The van der Waals surface area contributed by atoms with Crippen LogP contribution in [0.25, 0.3) is 67.4 Å². The molecule has 0 saturated heterocycles. The molecule has 0 atom stereocenters. The molecule has 0 radical (unpaired) electrons. The van der Waals surface area contributed by atoms with E-state index in [2.05, 4.69) is 77.8 Å². The first-order valence-corrected chi connectivity index (χ1v) is 13.9. The van der Waals surface area contributed by atoms with Crippen LogP contribution in [0.3, 0.4) is 0 Å². The summed E-state index contributed by atoms with van der Waals surface area (Å²) in [4.78, 5) is 19.8. The quantitative estimate of drug-likeness (QED) is 0.212. The number of nitrogens with zero attached hydrogens (tertiary/aromatic N) is 4. The zero-order valence-electron chi connectivity index (χ0n) is 22.8. The number of benzene rings is 4. The van der Waals surface area contributed by atoms with Gasteiger partial charge in [-0.05, 0) is 28.8 Å². The summed E-state index contributed by atoms with van der Waals surface area (Å²) in [6.45, 7) is 0. The van der Waals surface area contributed by atoms with E-state index in [0.29, 0.717) is 0 Å². The van der Waals surface area contributed by atoms with Crippen LogP contribution in [0.4, 0.5) is 0 Å². The van der Waals surface area contributed by atoms with Crippen molar-refractivity contribution < 1.29 is 0 Å². The van der Waals surface area contributed by atoms with E-state index in [0.717, 1.165) is 67.4 Å². The molecule has 0 spiro atoms. The van der Waals surface area contributed by atoms with E-state index in [1.54, 1.807) is 6.20 Å². The van der Waals surface area contributed by atoms with Crippen molar-refractivity contribution >= 4 is 0 Å². The van der Waals surface area contributed by atoms with Gasteiger partial charge in [-0.2, -0.15) is 0 Å². The molecule has 0 saturated carbocycles. The molecular formula is C38H26N4. The molecule has 4 heteroatoms. The van der Waals surface area contributed by atoms with Crippen LogP contribution in [0.1, 0.15) is 0 Å². The van der Waals surface area contributed by atoms with E-state index in [1.807, 2.05) is 79.1 Å². The lowest BCUT2D eigenvalue weighted by atomic mass is 9.99. The molecule has 7 rings (SSSR count). The fourth-order valence-electron chi connectivity index (χ4n) is 5.10. The van der Waals surface area contributed by atoms with Crippen molar-refractivity contribution in [2.24, 2.45) is 0 Å². The van der Waals surface area contributed by atoms with E-state index >= 15 is 0 Å². The Morgan fingerprint density at radius 2 is 0.738 bits per heavy atom. The van der Waals surface area contributed by atoms with Gasteiger partial charge in [-0.1, -0.05) is 127 Å². The number of aromatic nitrogens is 4. The van der Waals surface area contributed by atoms with Crippen LogP contribution in [0.2, 0.25) is 0 Å². The molecule has 3 heterocycles. The lowest BCUT2D eigenvalue weighted by molar-refractivity contribution is 1.19. The van der Waals surface area contributed by atoms with Crippen molar-refractivity contribution in [2.45, 2.75) is 0 Å². The van der Waals surface area contributed by atoms with Crippen molar-refractivity contribution in [2.75, 3.05) is 0 Å². The molecule has 0 bridgehead atoms. The summed E-state index contributed by atoms with van der Waals surface area (Å²) >= 11 is 0. The second kappa shape index (κ2) is 11.4. The van der Waals surface area contributed by atoms with Crippen LogP contribution in [0.15, 0.2) is 158 Å². The Balaban J connectivity index is 1.43. The van der Waals surface area contributed by atoms with Gasteiger partial charge in [-0.3, -0.25) is 9.97 Å². The summed E-state index contributed by atoms with van der Waals surface area (Å²) in [5, 5.41) is 0. The van der Waals surface area contributed by atoms with E-state index < -0.39 is 0 Å². The first kappa shape index (κ1) is 25.2. The fraction of sp³-hybridized carbons (Fsp3) is 0. The largest absolute Gasteiger partial charge is 0.264 e. The molecule has 0 aliphatic carbocycles. The minimum atomic E-state index is 0.738. The highest BCUT2D eigenvalue weighted by Crippen LogP contribution is 2.37. The maximum Gasteiger partial charge on any atom is 0.116 e. The predicted molar refractivity (Wildman–Crippen MR) is 170 cm³/mol. The number of rotatable bonds is 6. The Hall–Kier alpha value is -5.74. The summed E-state index contributed by atoms with van der Waals surface area (Å²) in [6, 6.07) is 47.3. The van der Waals surface area contributed by atoms with Crippen LogP contribution in [-0.2, 0) is 0 Å². The molecule has 42 heavy (non-hydrogen) atoms. The molecule has 198 valence electrons. The van der Waals surface area contributed by atoms with E-state index in [9.17, 15) is 0 Å². The highest BCUT2D eigenvalue weighted by Gasteiger charge is 2.20. The van der Waals surface area contributed by atoms with Crippen LogP contribution in [0.5, 0.6) is 0 Å². The summed E-state index contributed by atoms with van der Waals surface area (Å²) in [5.41, 5.74) is 11.3. The van der Waals surface area contributed by atoms with Crippen molar-refractivity contribution in [1.82, 2.24) is 19.9 Å². The van der Waals surface area contributed by atoms with Gasteiger partial charge in [0.15, 0.2) is 0 Å². The van der Waals surface area contributed by atoms with Gasteiger partial charge in [0.1, 0.15) is 5.69 Å². The minimum absolute atomic E-state index is 0.738. The Bertz CT molecular complexity index is 1780. The highest BCUT2D eigenvalue weighted by atomic mass is 14.9. The maximum atomic E-state index is 5.33. The molecule has 0 aliphatic rings. The molecule has 0 aliphatic heterocycles. The highest BCUT2D eigenvalue weighted by molar-refractivity contribution is 5.86. The van der Waals surface area contributed by atoms with Gasteiger partial charge in [-0.15, -0.1) is 0 Å². The Morgan fingerprint density at radius 1 is 0.310 bits per heavy atom. The average Bonchev–Trinajstić information content (AvgIpc) is 3.09. The first-order valence-electron chi connectivity index (χ1n) is 13.9. The number of hydrogen-bond acceptors (Lipinski definition) is 4. The van der Waals surface area contributed by atoms with Crippen molar-refractivity contribution in [3.63, 3.8) is 0 Å². The smallest absolute Gasteiger partial charge is 0.116 e. The first-order chi connectivity index (χ1) is 20.8. The molecule has 0 amide bonds. The summed E-state index contributed by atoms with van der Waals surface area (Å²) in [6.07, 6.45) is 5.57. The zero-order valence-corrected chi connectivity index (χ0v) is 22.8. The van der Waals surface area contributed by atoms with Crippen molar-refractivity contribution in [3.8, 4) is 67.4 Å². The van der Waals surface area contributed by atoms with Gasteiger partial charge in [0.05, 0.1) is 22.8 Å². The Kier molecular flexibility index (Phi) is 6.85. The zero-order chi connectivity index (χ0) is 28.1. The van der Waals surface area contributed by atoms with Crippen LogP contribution in [-0.4, -0.2) is 19.9 Å².